The minimum atomic E-state index is -0.595. The summed E-state index contributed by atoms with van der Waals surface area (Å²) in [5, 5.41) is 20.8. The van der Waals surface area contributed by atoms with Crippen molar-refractivity contribution in [3.8, 4) is 11.5 Å². The van der Waals surface area contributed by atoms with Gasteiger partial charge in [0.1, 0.15) is 12.2 Å². The third-order valence-electron chi connectivity index (χ3n) is 6.39. The number of nitrogens with zero attached hydrogens (tertiary/aromatic N) is 1. The number of likely N-dealkylation sites (tertiary alicyclic amines) is 1. The number of aliphatic hydroxyl groups is 1. The van der Waals surface area contributed by atoms with Gasteiger partial charge in [0.05, 0.1) is 0 Å². The van der Waals surface area contributed by atoms with Gasteiger partial charge in [-0.1, -0.05) is 25.1 Å². The van der Waals surface area contributed by atoms with E-state index in [9.17, 15) is 10.2 Å². The van der Waals surface area contributed by atoms with Crippen LogP contribution in [0.4, 0.5) is 0 Å². The fraction of sp³-hybridized carbons (Fsp3) is 0.556. The average Bonchev–Trinajstić information content (AvgIpc) is 2.87. The Kier molecular flexibility index (Phi) is 2.39. The average molecular weight is 299 g/mol. The third kappa shape index (κ3) is 1.28. The molecule has 22 heavy (non-hydrogen) atoms. The van der Waals surface area contributed by atoms with Crippen LogP contribution in [0.15, 0.2) is 24.3 Å². The molecule has 4 nitrogen and oxygen atoms in total. The molecule has 4 aliphatic rings. The first kappa shape index (κ1) is 13.0. The van der Waals surface area contributed by atoms with Gasteiger partial charge >= 0.3 is 0 Å². The molecule has 2 aliphatic heterocycles. The SMILES string of the molecule is CCN1CC[C@]23c4c5ccc(O)c4O[C@H]2[C@H](O)C=C[C@H]3[C@H]1C5. The van der Waals surface area contributed by atoms with Crippen LogP contribution >= 0.6 is 0 Å². The van der Waals surface area contributed by atoms with Crippen LogP contribution < -0.4 is 4.74 Å². The van der Waals surface area contributed by atoms with E-state index in [4.69, 9.17) is 4.74 Å². The van der Waals surface area contributed by atoms with Crippen molar-refractivity contribution in [3.05, 3.63) is 35.4 Å². The number of rotatable bonds is 1. The van der Waals surface area contributed by atoms with Gasteiger partial charge in [0, 0.05) is 22.9 Å². The lowest BCUT2D eigenvalue weighted by atomic mass is 9.53. The molecule has 2 bridgehead atoms. The van der Waals surface area contributed by atoms with E-state index in [1.54, 1.807) is 6.07 Å². The van der Waals surface area contributed by atoms with Gasteiger partial charge in [0.2, 0.25) is 0 Å². The molecule has 0 amide bonds. The highest BCUT2D eigenvalue weighted by Gasteiger charge is 2.64. The molecule has 0 radical (unpaired) electrons. The molecule has 0 aromatic heterocycles. The zero-order valence-corrected chi connectivity index (χ0v) is 12.7. The molecule has 1 aromatic carbocycles. The Morgan fingerprint density at radius 2 is 2.23 bits per heavy atom. The van der Waals surface area contributed by atoms with Crippen molar-refractivity contribution in [1.29, 1.82) is 0 Å². The molecule has 2 aliphatic carbocycles. The predicted octanol–water partition coefficient (Wildman–Crippen LogP) is 1.59. The molecule has 1 saturated heterocycles. The van der Waals surface area contributed by atoms with E-state index in [2.05, 4.69) is 24.0 Å². The van der Waals surface area contributed by atoms with Gasteiger partial charge in [-0.05, 0) is 37.6 Å². The number of likely N-dealkylation sites (N-methyl/N-ethyl adjacent to an activating group) is 1. The number of aliphatic hydroxyl groups excluding tert-OH is 1. The fourth-order valence-electron chi connectivity index (χ4n) is 5.52. The first-order valence-corrected chi connectivity index (χ1v) is 8.29. The Balaban J connectivity index is 1.80. The topological polar surface area (TPSA) is 52.9 Å². The summed E-state index contributed by atoms with van der Waals surface area (Å²) in [6.07, 6.45) is 5.23. The summed E-state index contributed by atoms with van der Waals surface area (Å²) in [6.45, 7) is 4.31. The van der Waals surface area contributed by atoms with E-state index >= 15 is 0 Å². The van der Waals surface area contributed by atoms with Crippen LogP contribution in [-0.4, -0.2) is 46.5 Å². The molecule has 4 heteroatoms. The second-order valence-electron chi connectivity index (χ2n) is 7.08. The van der Waals surface area contributed by atoms with Gasteiger partial charge in [-0.3, -0.25) is 4.90 Å². The van der Waals surface area contributed by atoms with Crippen molar-refractivity contribution in [2.24, 2.45) is 5.92 Å². The summed E-state index contributed by atoms with van der Waals surface area (Å²) in [4.78, 5) is 2.56. The predicted molar refractivity (Wildman–Crippen MR) is 82.2 cm³/mol. The number of phenolic OH excluding ortho intramolecular Hbond substituents is 1. The number of piperidine rings is 1. The maximum absolute atomic E-state index is 10.5. The highest BCUT2D eigenvalue weighted by molar-refractivity contribution is 5.61. The molecule has 0 saturated carbocycles. The van der Waals surface area contributed by atoms with Crippen molar-refractivity contribution in [1.82, 2.24) is 4.90 Å². The van der Waals surface area contributed by atoms with Crippen molar-refractivity contribution in [3.63, 3.8) is 0 Å². The van der Waals surface area contributed by atoms with Crippen LogP contribution in [0.3, 0.4) is 0 Å². The number of hydrogen-bond acceptors (Lipinski definition) is 4. The molecule has 2 N–H and O–H groups in total. The summed E-state index contributed by atoms with van der Waals surface area (Å²) >= 11 is 0. The largest absolute Gasteiger partial charge is 0.504 e. The maximum atomic E-state index is 10.5. The van der Waals surface area contributed by atoms with Gasteiger partial charge in [-0.2, -0.15) is 0 Å². The summed E-state index contributed by atoms with van der Waals surface area (Å²) in [5.74, 6) is 1.20. The number of phenols is 1. The second kappa shape index (κ2) is 4.06. The van der Waals surface area contributed by atoms with Gasteiger partial charge in [-0.15, -0.1) is 0 Å². The maximum Gasteiger partial charge on any atom is 0.165 e. The molecular weight excluding hydrogens is 278 g/mol. The van der Waals surface area contributed by atoms with Crippen molar-refractivity contribution >= 4 is 0 Å². The summed E-state index contributed by atoms with van der Waals surface area (Å²) in [5.41, 5.74) is 2.31. The lowest BCUT2D eigenvalue weighted by molar-refractivity contribution is -0.0503. The Labute approximate surface area is 130 Å². The zero-order valence-electron chi connectivity index (χ0n) is 12.7. The Hall–Kier alpha value is -1.52. The first-order valence-electron chi connectivity index (χ1n) is 8.29. The Morgan fingerprint density at radius 1 is 1.36 bits per heavy atom. The van der Waals surface area contributed by atoms with Crippen molar-refractivity contribution in [2.45, 2.75) is 43.4 Å². The lowest BCUT2D eigenvalue weighted by Gasteiger charge is -2.57. The molecule has 116 valence electrons. The molecular formula is C18H21NO3. The van der Waals surface area contributed by atoms with E-state index in [1.165, 1.54) is 11.1 Å². The summed E-state index contributed by atoms with van der Waals surface area (Å²) in [7, 11) is 0. The third-order valence-corrected chi connectivity index (χ3v) is 6.39. The molecule has 0 unspecified atom stereocenters. The molecule has 1 aromatic rings. The van der Waals surface area contributed by atoms with Gasteiger partial charge < -0.3 is 14.9 Å². The molecule has 5 atom stereocenters. The highest BCUT2D eigenvalue weighted by atomic mass is 16.5. The fourth-order valence-corrected chi connectivity index (χ4v) is 5.52. The number of ether oxygens (including phenoxy) is 1. The second-order valence-corrected chi connectivity index (χ2v) is 7.08. The number of hydrogen-bond donors (Lipinski definition) is 2. The Morgan fingerprint density at radius 3 is 3.05 bits per heavy atom. The number of benzene rings is 1. The van der Waals surface area contributed by atoms with Crippen LogP contribution in [-0.2, 0) is 11.8 Å². The van der Waals surface area contributed by atoms with Gasteiger partial charge in [0.15, 0.2) is 11.5 Å². The molecule has 1 fully saturated rings. The van der Waals surface area contributed by atoms with Crippen LogP contribution in [0.2, 0.25) is 0 Å². The molecule has 2 heterocycles. The van der Waals surface area contributed by atoms with Crippen molar-refractivity contribution < 1.29 is 14.9 Å². The van der Waals surface area contributed by atoms with E-state index in [0.29, 0.717) is 17.7 Å². The van der Waals surface area contributed by atoms with E-state index in [1.807, 2.05) is 6.08 Å². The zero-order chi connectivity index (χ0) is 15.1. The van der Waals surface area contributed by atoms with Crippen molar-refractivity contribution in [2.75, 3.05) is 13.1 Å². The van der Waals surface area contributed by atoms with Gasteiger partial charge in [-0.25, -0.2) is 0 Å². The lowest BCUT2D eigenvalue weighted by Crippen LogP contribution is -2.65. The minimum absolute atomic E-state index is 0.161. The Bertz CT molecular complexity index is 685. The number of aromatic hydroxyl groups is 1. The summed E-state index contributed by atoms with van der Waals surface area (Å²) < 4.78 is 6.12. The van der Waals surface area contributed by atoms with Crippen LogP contribution in [0.1, 0.15) is 24.5 Å². The molecule has 1 spiro atoms. The van der Waals surface area contributed by atoms with Crippen LogP contribution in [0.25, 0.3) is 0 Å². The standard InChI is InChI=1S/C18H21NO3/c1-2-19-8-7-18-11-4-6-14(21)17(18)22-16-13(20)5-3-10(15(16)18)9-12(11)19/h3-6,11-12,14,17,20-21H,2,7-9H2,1H3/t11-,12+,14+,17-,18-/m0/s1. The monoisotopic (exact) mass is 299 g/mol. The highest BCUT2D eigenvalue weighted by Crippen LogP contribution is 2.62. The normalized spacial score (nSPS) is 41.2. The minimum Gasteiger partial charge on any atom is -0.504 e. The summed E-state index contributed by atoms with van der Waals surface area (Å²) in [6, 6.07) is 4.26. The van der Waals surface area contributed by atoms with E-state index in [0.717, 1.165) is 25.9 Å². The van der Waals surface area contributed by atoms with E-state index < -0.39 is 6.10 Å². The van der Waals surface area contributed by atoms with Crippen LogP contribution in [0, 0.1) is 5.92 Å². The van der Waals surface area contributed by atoms with E-state index in [-0.39, 0.29) is 17.3 Å². The first-order chi connectivity index (χ1) is 10.7. The smallest absolute Gasteiger partial charge is 0.165 e. The van der Waals surface area contributed by atoms with Gasteiger partial charge in [0.25, 0.3) is 0 Å². The van der Waals surface area contributed by atoms with Crippen LogP contribution in [0.5, 0.6) is 11.5 Å². The quantitative estimate of drug-likeness (QED) is 0.773. The molecule has 5 rings (SSSR count).